The third-order valence-corrected chi connectivity index (χ3v) is 5.04. The zero-order chi connectivity index (χ0) is 20.4. The Kier molecular flexibility index (Phi) is 5.07. The fourth-order valence-electron chi connectivity index (χ4n) is 3.58. The minimum absolute atomic E-state index is 0.167. The van der Waals surface area contributed by atoms with Gasteiger partial charge in [-0.1, -0.05) is 0 Å². The molecule has 4 rings (SSSR count). The first-order valence-electron chi connectivity index (χ1n) is 9.38. The van der Waals surface area contributed by atoms with E-state index in [9.17, 15) is 14.4 Å². The van der Waals surface area contributed by atoms with E-state index in [-0.39, 0.29) is 24.3 Å². The van der Waals surface area contributed by atoms with Gasteiger partial charge >= 0.3 is 0 Å². The number of carbonyl (C=O) groups is 3. The highest BCUT2D eigenvalue weighted by Crippen LogP contribution is 2.30. The summed E-state index contributed by atoms with van der Waals surface area (Å²) in [6.07, 6.45) is 1.47. The summed E-state index contributed by atoms with van der Waals surface area (Å²) in [6.45, 7) is 0.380. The van der Waals surface area contributed by atoms with Gasteiger partial charge in [0.25, 0.3) is 11.8 Å². The molecule has 0 bridgehead atoms. The predicted molar refractivity (Wildman–Crippen MR) is 106 cm³/mol. The lowest BCUT2D eigenvalue weighted by molar-refractivity contribution is -0.119. The smallest absolute Gasteiger partial charge is 0.262 e. The molecular formula is C21H21N3O5. The van der Waals surface area contributed by atoms with E-state index in [2.05, 4.69) is 10.6 Å². The van der Waals surface area contributed by atoms with E-state index in [1.807, 2.05) is 0 Å². The minimum Gasteiger partial charge on any atom is -0.497 e. The molecule has 29 heavy (non-hydrogen) atoms. The second-order valence-corrected chi connectivity index (χ2v) is 6.92. The maximum absolute atomic E-state index is 12.9. The lowest BCUT2D eigenvalue weighted by atomic mass is 10.1. The van der Waals surface area contributed by atoms with Gasteiger partial charge < -0.3 is 25.0 Å². The molecule has 2 aromatic rings. The normalized spacial score (nSPS) is 17.7. The minimum atomic E-state index is -0.425. The van der Waals surface area contributed by atoms with Crippen molar-refractivity contribution in [3.8, 4) is 11.5 Å². The fourth-order valence-corrected chi connectivity index (χ4v) is 3.58. The van der Waals surface area contributed by atoms with Crippen LogP contribution in [0.2, 0.25) is 0 Å². The molecule has 0 saturated carbocycles. The zero-order valence-electron chi connectivity index (χ0n) is 15.9. The fraction of sp³-hybridized carbons (Fsp3) is 0.286. The van der Waals surface area contributed by atoms with E-state index in [0.29, 0.717) is 41.4 Å². The number of methoxy groups -OCH3 is 1. The van der Waals surface area contributed by atoms with Crippen LogP contribution in [-0.2, 0) is 9.59 Å². The van der Waals surface area contributed by atoms with Crippen LogP contribution in [0.15, 0.2) is 42.5 Å². The molecule has 3 amide bonds. The van der Waals surface area contributed by atoms with Crippen molar-refractivity contribution in [2.45, 2.75) is 18.9 Å². The van der Waals surface area contributed by atoms with Crippen LogP contribution in [0.5, 0.6) is 11.5 Å². The van der Waals surface area contributed by atoms with E-state index in [0.717, 1.165) is 6.42 Å². The third-order valence-electron chi connectivity index (χ3n) is 5.04. The number of nitrogens with one attached hydrogen (secondary N) is 2. The zero-order valence-corrected chi connectivity index (χ0v) is 15.9. The summed E-state index contributed by atoms with van der Waals surface area (Å²) in [6, 6.07) is 11.3. The Balaban J connectivity index is 1.43. The Morgan fingerprint density at radius 1 is 1.17 bits per heavy atom. The average molecular weight is 395 g/mol. The second-order valence-electron chi connectivity index (χ2n) is 6.92. The molecule has 2 N–H and O–H groups in total. The Labute approximate surface area is 167 Å². The number of carbonyl (C=O) groups excluding carboxylic acids is 3. The summed E-state index contributed by atoms with van der Waals surface area (Å²) in [5.41, 5.74) is 1.30. The Morgan fingerprint density at radius 3 is 2.69 bits per heavy atom. The maximum atomic E-state index is 12.9. The van der Waals surface area contributed by atoms with Crippen LogP contribution >= 0.6 is 0 Å². The number of ether oxygens (including phenoxy) is 2. The maximum Gasteiger partial charge on any atom is 0.262 e. The summed E-state index contributed by atoms with van der Waals surface area (Å²) in [5.74, 6) is 0.514. The lowest BCUT2D eigenvalue weighted by Gasteiger charge is -2.20. The van der Waals surface area contributed by atoms with Crippen LogP contribution in [0.25, 0.3) is 0 Å². The predicted octanol–water partition coefficient (Wildman–Crippen LogP) is 2.27. The van der Waals surface area contributed by atoms with E-state index in [1.54, 1.807) is 54.5 Å². The van der Waals surface area contributed by atoms with Crippen molar-refractivity contribution in [2.24, 2.45) is 0 Å². The molecule has 2 aliphatic heterocycles. The summed E-state index contributed by atoms with van der Waals surface area (Å²) in [7, 11) is 1.57. The van der Waals surface area contributed by atoms with Crippen LogP contribution in [0, 0.1) is 0 Å². The van der Waals surface area contributed by atoms with Crippen molar-refractivity contribution in [1.82, 2.24) is 4.90 Å². The number of amides is 3. The van der Waals surface area contributed by atoms with Crippen LogP contribution in [-0.4, -0.2) is 48.9 Å². The van der Waals surface area contributed by atoms with Crippen LogP contribution in [0.3, 0.4) is 0 Å². The van der Waals surface area contributed by atoms with Gasteiger partial charge in [-0.05, 0) is 55.3 Å². The lowest BCUT2D eigenvalue weighted by Crippen LogP contribution is -2.40. The van der Waals surface area contributed by atoms with Gasteiger partial charge in [-0.3, -0.25) is 14.4 Å². The molecule has 0 spiro atoms. The monoisotopic (exact) mass is 395 g/mol. The van der Waals surface area contributed by atoms with Gasteiger partial charge in [0.05, 0.1) is 18.4 Å². The molecular weight excluding hydrogens is 374 g/mol. The van der Waals surface area contributed by atoms with Crippen molar-refractivity contribution >= 4 is 29.1 Å². The molecule has 8 nitrogen and oxygen atoms in total. The summed E-state index contributed by atoms with van der Waals surface area (Å²) in [5, 5.41) is 5.54. The first kappa shape index (κ1) is 18.8. The number of anilines is 2. The quantitative estimate of drug-likeness (QED) is 0.810. The number of fused-ring (bicyclic) bond motifs is 2. The number of nitrogens with zero attached hydrogens (tertiary/aromatic N) is 1. The molecule has 0 aromatic heterocycles. The SMILES string of the molecule is COc1ccc(OCC(=O)Nc2ccc3c(c2)C(=O)N2CCC[C@H]2C(=O)N3)cc1. The second kappa shape index (κ2) is 7.83. The van der Waals surface area contributed by atoms with E-state index in [1.165, 1.54) is 0 Å². The van der Waals surface area contributed by atoms with Gasteiger partial charge in [0.2, 0.25) is 5.91 Å². The molecule has 2 heterocycles. The highest BCUT2D eigenvalue weighted by atomic mass is 16.5. The van der Waals surface area contributed by atoms with Gasteiger partial charge in [0.15, 0.2) is 6.61 Å². The molecule has 1 atom stereocenters. The molecule has 0 aliphatic carbocycles. The van der Waals surface area contributed by atoms with Crippen molar-refractivity contribution in [3.63, 3.8) is 0 Å². The van der Waals surface area contributed by atoms with E-state index < -0.39 is 6.04 Å². The summed E-state index contributed by atoms with van der Waals surface area (Å²) in [4.78, 5) is 39.0. The topological polar surface area (TPSA) is 97.0 Å². The molecule has 150 valence electrons. The molecule has 2 aliphatic rings. The average Bonchev–Trinajstić information content (AvgIpc) is 3.20. The molecule has 8 heteroatoms. The first-order chi connectivity index (χ1) is 14.0. The van der Waals surface area contributed by atoms with Crippen LogP contribution in [0.1, 0.15) is 23.2 Å². The molecule has 0 unspecified atom stereocenters. The molecule has 2 aromatic carbocycles. The number of hydrogen-bond acceptors (Lipinski definition) is 5. The van der Waals surface area contributed by atoms with Crippen LogP contribution in [0.4, 0.5) is 11.4 Å². The van der Waals surface area contributed by atoms with Gasteiger partial charge in [0.1, 0.15) is 17.5 Å². The third kappa shape index (κ3) is 3.87. The molecule has 0 radical (unpaired) electrons. The van der Waals surface area contributed by atoms with Crippen molar-refractivity contribution in [1.29, 1.82) is 0 Å². The van der Waals surface area contributed by atoms with Crippen molar-refractivity contribution < 1.29 is 23.9 Å². The number of hydrogen-bond donors (Lipinski definition) is 2. The highest BCUT2D eigenvalue weighted by Gasteiger charge is 2.38. The largest absolute Gasteiger partial charge is 0.497 e. The van der Waals surface area contributed by atoms with Crippen molar-refractivity contribution in [2.75, 3.05) is 30.9 Å². The van der Waals surface area contributed by atoms with Gasteiger partial charge in [-0.25, -0.2) is 0 Å². The van der Waals surface area contributed by atoms with Gasteiger partial charge in [0, 0.05) is 12.2 Å². The molecule has 1 saturated heterocycles. The van der Waals surface area contributed by atoms with Gasteiger partial charge in [-0.2, -0.15) is 0 Å². The van der Waals surface area contributed by atoms with Crippen molar-refractivity contribution in [3.05, 3.63) is 48.0 Å². The summed E-state index contributed by atoms with van der Waals surface area (Å²) < 4.78 is 10.5. The van der Waals surface area contributed by atoms with E-state index >= 15 is 0 Å². The Hall–Kier alpha value is -3.55. The number of benzene rings is 2. The molecule has 1 fully saturated rings. The first-order valence-corrected chi connectivity index (χ1v) is 9.38. The summed E-state index contributed by atoms with van der Waals surface area (Å²) >= 11 is 0. The highest BCUT2D eigenvalue weighted by molar-refractivity contribution is 6.11. The Bertz CT molecular complexity index is 957. The standard InChI is InChI=1S/C21H21N3O5/c1-28-14-5-7-15(8-6-14)29-12-19(25)22-13-4-9-17-16(11-13)21(27)24-10-2-3-18(24)20(26)23-17/h4-9,11,18H,2-3,10,12H2,1H3,(H,22,25)(H,23,26)/t18-/m0/s1. The van der Waals surface area contributed by atoms with E-state index in [4.69, 9.17) is 9.47 Å². The van der Waals surface area contributed by atoms with Crippen LogP contribution < -0.4 is 20.1 Å². The number of rotatable bonds is 5. The Morgan fingerprint density at radius 2 is 1.93 bits per heavy atom. The van der Waals surface area contributed by atoms with Gasteiger partial charge in [-0.15, -0.1) is 0 Å².